The maximum Gasteiger partial charge on any atom is 0.336 e. The monoisotopic (exact) mass is 532 g/mol. The van der Waals surface area contributed by atoms with Crippen molar-refractivity contribution in [3.05, 3.63) is 118 Å². The zero-order valence-corrected chi connectivity index (χ0v) is 22.2. The number of para-hydroxylation sites is 1. The molecule has 1 aliphatic heterocycles. The van der Waals surface area contributed by atoms with Crippen LogP contribution in [0.1, 0.15) is 43.1 Å². The highest BCUT2D eigenvalue weighted by Gasteiger charge is 2.19. The number of carbonyl (C=O) groups is 2. The van der Waals surface area contributed by atoms with Gasteiger partial charge in [0.15, 0.2) is 11.5 Å². The summed E-state index contributed by atoms with van der Waals surface area (Å²) in [6, 6.07) is 26.5. The van der Waals surface area contributed by atoms with Gasteiger partial charge in [-0.15, -0.1) is 0 Å². The van der Waals surface area contributed by atoms with Crippen LogP contribution in [0.4, 0.5) is 0 Å². The van der Waals surface area contributed by atoms with Crippen molar-refractivity contribution in [2.75, 3.05) is 6.79 Å². The van der Waals surface area contributed by atoms with Crippen molar-refractivity contribution >= 4 is 22.8 Å². The number of nitrogens with one attached hydrogen (secondary N) is 1. The summed E-state index contributed by atoms with van der Waals surface area (Å²) in [5, 5.41) is 13.6. The molecule has 1 aliphatic rings. The first-order valence-corrected chi connectivity index (χ1v) is 13.1. The molecule has 0 spiro atoms. The second kappa shape index (κ2) is 10.3. The SMILES string of the molecule is Cc1c(C)n(Cc2ccc(-c3ccccc3C(=O)O)cc2)c2ccc(C(=O)NCc3cccc4c3OCO4)cc12. The summed E-state index contributed by atoms with van der Waals surface area (Å²) in [5.74, 6) is 0.284. The van der Waals surface area contributed by atoms with Crippen LogP contribution in [0.2, 0.25) is 0 Å². The summed E-state index contributed by atoms with van der Waals surface area (Å²) in [6.07, 6.45) is 0. The number of rotatable bonds is 7. The Hall–Kier alpha value is -5.04. The lowest BCUT2D eigenvalue weighted by molar-refractivity contribution is 0.0697. The minimum atomic E-state index is -0.940. The van der Waals surface area contributed by atoms with Crippen LogP contribution >= 0.6 is 0 Å². The van der Waals surface area contributed by atoms with E-state index in [0.29, 0.717) is 35.7 Å². The highest BCUT2D eigenvalue weighted by Crippen LogP contribution is 2.35. The maximum absolute atomic E-state index is 13.0. The Morgan fingerprint density at radius 2 is 1.73 bits per heavy atom. The molecule has 0 fully saturated rings. The van der Waals surface area contributed by atoms with Crippen LogP contribution in [-0.2, 0) is 13.1 Å². The van der Waals surface area contributed by atoms with Gasteiger partial charge in [0.2, 0.25) is 6.79 Å². The number of benzene rings is 4. The van der Waals surface area contributed by atoms with Crippen LogP contribution < -0.4 is 14.8 Å². The number of hydrogen-bond donors (Lipinski definition) is 2. The largest absolute Gasteiger partial charge is 0.478 e. The average Bonchev–Trinajstić information content (AvgIpc) is 3.55. The van der Waals surface area contributed by atoms with Gasteiger partial charge in [0.05, 0.1) is 5.56 Å². The highest BCUT2D eigenvalue weighted by atomic mass is 16.7. The van der Waals surface area contributed by atoms with Gasteiger partial charge in [-0.1, -0.05) is 54.6 Å². The molecular formula is C33H28N2O5. The molecule has 1 aromatic heterocycles. The number of amides is 1. The Morgan fingerprint density at radius 1 is 0.925 bits per heavy atom. The molecule has 5 aromatic rings. The molecular weight excluding hydrogens is 504 g/mol. The molecule has 7 heteroatoms. The molecule has 2 heterocycles. The predicted molar refractivity (Wildman–Crippen MR) is 153 cm³/mol. The van der Waals surface area contributed by atoms with Crippen LogP contribution in [0.15, 0.2) is 84.9 Å². The number of nitrogens with zero attached hydrogens (tertiary/aromatic N) is 1. The summed E-state index contributed by atoms with van der Waals surface area (Å²) < 4.78 is 13.2. The Morgan fingerprint density at radius 3 is 2.52 bits per heavy atom. The van der Waals surface area contributed by atoms with Crippen LogP contribution in [0.3, 0.4) is 0 Å². The number of carboxylic acid groups (broad SMARTS) is 1. The van der Waals surface area contributed by atoms with Gasteiger partial charge in [-0.25, -0.2) is 4.79 Å². The first-order chi connectivity index (χ1) is 19.4. The van der Waals surface area contributed by atoms with Crippen molar-refractivity contribution in [3.8, 4) is 22.6 Å². The van der Waals surface area contributed by atoms with Gasteiger partial charge in [0.1, 0.15) is 0 Å². The first-order valence-electron chi connectivity index (χ1n) is 13.1. The van der Waals surface area contributed by atoms with E-state index >= 15 is 0 Å². The Kier molecular flexibility index (Phi) is 6.48. The number of ether oxygens (including phenoxy) is 2. The number of carboxylic acids is 1. The van der Waals surface area contributed by atoms with E-state index in [1.807, 2.05) is 72.8 Å². The van der Waals surface area contributed by atoms with Crippen molar-refractivity contribution in [1.82, 2.24) is 9.88 Å². The Balaban J connectivity index is 1.22. The van der Waals surface area contributed by atoms with Gasteiger partial charge < -0.3 is 24.5 Å². The normalized spacial score (nSPS) is 12.1. The standard InChI is InChI=1S/C33H28N2O5/c1-20-21(2)35(18-22-10-12-23(13-11-22)26-7-3-4-8-27(26)33(37)38)29-15-14-24(16-28(20)29)32(36)34-17-25-6-5-9-30-31(25)40-19-39-30/h3-16H,17-19H2,1-2H3,(H,34,36)(H,37,38). The molecule has 0 bridgehead atoms. The van der Waals surface area contributed by atoms with E-state index in [4.69, 9.17) is 9.47 Å². The van der Waals surface area contributed by atoms with E-state index in [1.54, 1.807) is 12.1 Å². The first kappa shape index (κ1) is 25.2. The topological polar surface area (TPSA) is 89.8 Å². The Bertz CT molecular complexity index is 1770. The van der Waals surface area contributed by atoms with Gasteiger partial charge in [-0.05, 0) is 66.4 Å². The molecule has 4 aromatic carbocycles. The van der Waals surface area contributed by atoms with E-state index < -0.39 is 5.97 Å². The third-order valence-electron chi connectivity index (χ3n) is 7.58. The number of hydrogen-bond acceptors (Lipinski definition) is 4. The summed E-state index contributed by atoms with van der Waals surface area (Å²) >= 11 is 0. The van der Waals surface area contributed by atoms with E-state index in [1.165, 1.54) is 0 Å². The van der Waals surface area contributed by atoms with Crippen molar-refractivity contribution in [2.45, 2.75) is 26.9 Å². The molecule has 0 atom stereocenters. The van der Waals surface area contributed by atoms with Gasteiger partial charge in [-0.2, -0.15) is 0 Å². The molecule has 200 valence electrons. The second-order valence-corrected chi connectivity index (χ2v) is 9.91. The molecule has 0 saturated carbocycles. The average molecular weight is 533 g/mol. The number of aromatic carboxylic acids is 1. The van der Waals surface area contributed by atoms with Crippen molar-refractivity contribution in [2.24, 2.45) is 0 Å². The van der Waals surface area contributed by atoms with E-state index in [9.17, 15) is 14.7 Å². The molecule has 6 rings (SSSR count). The lowest BCUT2D eigenvalue weighted by Gasteiger charge is -2.11. The summed E-state index contributed by atoms with van der Waals surface area (Å²) in [5.41, 5.74) is 7.73. The van der Waals surface area contributed by atoms with Gasteiger partial charge in [0, 0.05) is 40.8 Å². The van der Waals surface area contributed by atoms with Crippen molar-refractivity contribution < 1.29 is 24.2 Å². The van der Waals surface area contributed by atoms with Gasteiger partial charge in [-0.3, -0.25) is 4.79 Å². The predicted octanol–water partition coefficient (Wildman–Crippen LogP) is 6.33. The highest BCUT2D eigenvalue weighted by molar-refractivity contribution is 5.99. The fraction of sp³-hybridized carbons (Fsp3) is 0.152. The van der Waals surface area contributed by atoms with Crippen LogP contribution in [0.5, 0.6) is 11.5 Å². The van der Waals surface area contributed by atoms with Crippen molar-refractivity contribution in [1.29, 1.82) is 0 Å². The smallest absolute Gasteiger partial charge is 0.336 e. The third kappa shape index (κ3) is 4.56. The second-order valence-electron chi connectivity index (χ2n) is 9.91. The zero-order valence-electron chi connectivity index (χ0n) is 22.2. The molecule has 0 unspecified atom stereocenters. The summed E-state index contributed by atoms with van der Waals surface area (Å²) in [4.78, 5) is 24.7. The summed E-state index contributed by atoms with van der Waals surface area (Å²) in [7, 11) is 0. The Labute approximate surface area is 231 Å². The number of aromatic nitrogens is 1. The molecule has 7 nitrogen and oxygen atoms in total. The van der Waals surface area contributed by atoms with Crippen LogP contribution in [0.25, 0.3) is 22.0 Å². The number of aryl methyl sites for hydroxylation is 1. The number of fused-ring (bicyclic) bond motifs is 2. The van der Waals surface area contributed by atoms with E-state index in [2.05, 4.69) is 23.7 Å². The minimum Gasteiger partial charge on any atom is -0.478 e. The fourth-order valence-corrected chi connectivity index (χ4v) is 5.30. The van der Waals surface area contributed by atoms with Gasteiger partial charge in [0.25, 0.3) is 5.91 Å². The molecule has 2 N–H and O–H groups in total. The molecule has 40 heavy (non-hydrogen) atoms. The fourth-order valence-electron chi connectivity index (χ4n) is 5.30. The van der Waals surface area contributed by atoms with E-state index in [0.717, 1.165) is 38.9 Å². The van der Waals surface area contributed by atoms with E-state index in [-0.39, 0.29) is 18.3 Å². The molecule has 0 aliphatic carbocycles. The quantitative estimate of drug-likeness (QED) is 0.256. The minimum absolute atomic E-state index is 0.152. The van der Waals surface area contributed by atoms with Crippen molar-refractivity contribution in [3.63, 3.8) is 0 Å². The molecule has 1 amide bonds. The maximum atomic E-state index is 13.0. The summed E-state index contributed by atoms with van der Waals surface area (Å²) in [6.45, 7) is 5.35. The van der Waals surface area contributed by atoms with Crippen LogP contribution in [0, 0.1) is 13.8 Å². The lowest BCUT2D eigenvalue weighted by atomic mass is 9.99. The molecule has 0 saturated heterocycles. The molecule has 0 radical (unpaired) electrons. The lowest BCUT2D eigenvalue weighted by Crippen LogP contribution is -2.22. The van der Waals surface area contributed by atoms with Crippen LogP contribution in [-0.4, -0.2) is 28.3 Å². The third-order valence-corrected chi connectivity index (χ3v) is 7.58. The zero-order chi connectivity index (χ0) is 27.8. The van der Waals surface area contributed by atoms with Gasteiger partial charge >= 0.3 is 5.97 Å². The number of carbonyl (C=O) groups excluding carboxylic acids is 1.